The van der Waals surface area contributed by atoms with Crippen molar-refractivity contribution in [3.05, 3.63) is 18.0 Å². The van der Waals surface area contributed by atoms with Gasteiger partial charge < -0.3 is 5.11 Å². The van der Waals surface area contributed by atoms with Crippen LogP contribution in [-0.2, 0) is 11.2 Å². The van der Waals surface area contributed by atoms with Crippen molar-refractivity contribution in [1.29, 1.82) is 0 Å². The van der Waals surface area contributed by atoms with Crippen molar-refractivity contribution in [2.24, 2.45) is 0 Å². The molecule has 1 fully saturated rings. The van der Waals surface area contributed by atoms with Gasteiger partial charge in [0.1, 0.15) is 0 Å². The Morgan fingerprint density at radius 1 is 1.53 bits per heavy atom. The monoisotopic (exact) mass is 237 g/mol. The fourth-order valence-corrected chi connectivity index (χ4v) is 2.01. The number of carbonyl (C=O) groups is 1. The van der Waals surface area contributed by atoms with Gasteiger partial charge in [0, 0.05) is 30.4 Å². The Kier molecular flexibility index (Phi) is 2.95. The molecule has 0 bridgehead atoms. The zero-order chi connectivity index (χ0) is 12.6. The van der Waals surface area contributed by atoms with Gasteiger partial charge in [0.2, 0.25) is 0 Å². The third kappa shape index (κ3) is 2.66. The summed E-state index contributed by atoms with van der Waals surface area (Å²) in [4.78, 5) is 13.0. The highest BCUT2D eigenvalue weighted by atomic mass is 16.4. The van der Waals surface area contributed by atoms with E-state index in [1.165, 1.54) is 0 Å². The second-order valence-electron chi connectivity index (χ2n) is 5.63. The van der Waals surface area contributed by atoms with Crippen LogP contribution >= 0.6 is 0 Å². The van der Waals surface area contributed by atoms with Gasteiger partial charge in [-0.05, 0) is 20.8 Å². The molecule has 1 aromatic heterocycles. The van der Waals surface area contributed by atoms with Crippen LogP contribution in [-0.4, -0.2) is 44.4 Å². The number of aromatic nitrogens is 2. The molecule has 17 heavy (non-hydrogen) atoms. The fourth-order valence-electron chi connectivity index (χ4n) is 2.01. The largest absolute Gasteiger partial charge is 0.481 e. The maximum absolute atomic E-state index is 10.6. The number of likely N-dealkylation sites (tertiary alicyclic amines) is 1. The molecular formula is C12H19N3O2. The summed E-state index contributed by atoms with van der Waals surface area (Å²) in [5.74, 6) is -0.811. The maximum atomic E-state index is 10.6. The lowest BCUT2D eigenvalue weighted by atomic mass is 9.98. The van der Waals surface area contributed by atoms with Crippen molar-refractivity contribution in [2.45, 2.75) is 38.8 Å². The highest BCUT2D eigenvalue weighted by Crippen LogP contribution is 2.28. The van der Waals surface area contributed by atoms with Crippen LogP contribution in [0.2, 0.25) is 0 Å². The maximum Gasteiger partial charge on any atom is 0.307 e. The van der Waals surface area contributed by atoms with Crippen LogP contribution in [0, 0.1) is 0 Å². The Morgan fingerprint density at radius 3 is 2.71 bits per heavy atom. The van der Waals surface area contributed by atoms with Crippen molar-refractivity contribution < 1.29 is 9.90 Å². The minimum atomic E-state index is -0.811. The minimum Gasteiger partial charge on any atom is -0.481 e. The molecule has 1 N–H and O–H groups in total. The number of rotatable bonds is 3. The molecule has 94 valence electrons. The van der Waals surface area contributed by atoms with E-state index in [1.807, 2.05) is 10.9 Å². The van der Waals surface area contributed by atoms with Crippen LogP contribution in [0.3, 0.4) is 0 Å². The summed E-state index contributed by atoms with van der Waals surface area (Å²) in [5.41, 5.74) is 0.972. The van der Waals surface area contributed by atoms with E-state index in [4.69, 9.17) is 5.11 Å². The topological polar surface area (TPSA) is 58.4 Å². The van der Waals surface area contributed by atoms with Crippen LogP contribution in [0.1, 0.15) is 32.4 Å². The highest BCUT2D eigenvalue weighted by molar-refractivity contribution is 5.69. The van der Waals surface area contributed by atoms with Gasteiger partial charge in [-0.2, -0.15) is 5.10 Å². The van der Waals surface area contributed by atoms with Crippen LogP contribution in [0.25, 0.3) is 0 Å². The first kappa shape index (κ1) is 12.1. The van der Waals surface area contributed by atoms with Gasteiger partial charge in [0.05, 0.1) is 18.7 Å². The number of aliphatic carboxylic acids is 1. The average Bonchev–Trinajstić information content (AvgIpc) is 2.45. The van der Waals surface area contributed by atoms with Crippen LogP contribution < -0.4 is 0 Å². The smallest absolute Gasteiger partial charge is 0.307 e. The first-order valence-electron chi connectivity index (χ1n) is 5.86. The normalized spacial score (nSPS) is 18.1. The molecule has 0 aromatic carbocycles. The van der Waals surface area contributed by atoms with Gasteiger partial charge in [-0.1, -0.05) is 0 Å². The zero-order valence-corrected chi connectivity index (χ0v) is 10.6. The summed E-state index contributed by atoms with van der Waals surface area (Å²) in [7, 11) is 0. The fraction of sp³-hybridized carbons (Fsp3) is 0.667. The number of hydrogen-bond donors (Lipinski definition) is 1. The molecule has 0 aliphatic carbocycles. The average molecular weight is 237 g/mol. The molecule has 5 heteroatoms. The van der Waals surface area contributed by atoms with E-state index in [1.54, 1.807) is 6.20 Å². The summed E-state index contributed by atoms with van der Waals surface area (Å²) < 4.78 is 1.89. The number of carboxylic acids is 1. The molecule has 0 atom stereocenters. The van der Waals surface area contributed by atoms with E-state index in [9.17, 15) is 4.79 Å². The predicted octanol–water partition coefficient (Wildman–Crippen LogP) is 1.17. The quantitative estimate of drug-likeness (QED) is 0.857. The molecule has 0 unspecified atom stereocenters. The first-order chi connectivity index (χ1) is 7.86. The lowest BCUT2D eigenvalue weighted by molar-refractivity contribution is -0.136. The van der Waals surface area contributed by atoms with E-state index in [-0.39, 0.29) is 12.0 Å². The Bertz CT molecular complexity index is 414. The van der Waals surface area contributed by atoms with Crippen molar-refractivity contribution in [1.82, 2.24) is 14.7 Å². The first-order valence-corrected chi connectivity index (χ1v) is 5.86. The van der Waals surface area contributed by atoms with Gasteiger partial charge >= 0.3 is 5.97 Å². The molecule has 0 radical (unpaired) electrons. The molecule has 0 amide bonds. The molecule has 1 saturated heterocycles. The van der Waals surface area contributed by atoms with Gasteiger partial charge in [0.25, 0.3) is 0 Å². The zero-order valence-electron chi connectivity index (χ0n) is 10.6. The standard InChI is InChI=1S/C12H19N3O2/c1-12(2,3)14-7-10(8-14)15-6-9(5-13-15)4-11(16)17/h5-6,10H,4,7-8H2,1-3H3,(H,16,17). The predicted molar refractivity (Wildman–Crippen MR) is 63.9 cm³/mol. The molecule has 1 aliphatic rings. The Hall–Kier alpha value is -1.36. The Morgan fingerprint density at radius 2 is 2.18 bits per heavy atom. The lowest BCUT2D eigenvalue weighted by Crippen LogP contribution is -2.56. The minimum absolute atomic E-state index is 0.0513. The molecule has 2 rings (SSSR count). The van der Waals surface area contributed by atoms with Crippen molar-refractivity contribution in [2.75, 3.05) is 13.1 Å². The highest BCUT2D eigenvalue weighted by Gasteiger charge is 2.35. The Balaban J connectivity index is 1.93. The van der Waals surface area contributed by atoms with Crippen LogP contribution in [0.15, 0.2) is 12.4 Å². The van der Waals surface area contributed by atoms with Crippen molar-refractivity contribution in [3.8, 4) is 0 Å². The van der Waals surface area contributed by atoms with E-state index in [0.29, 0.717) is 6.04 Å². The molecular weight excluding hydrogens is 218 g/mol. The summed E-state index contributed by atoms with van der Waals surface area (Å²) >= 11 is 0. The van der Waals surface area contributed by atoms with E-state index >= 15 is 0 Å². The van der Waals surface area contributed by atoms with E-state index in [0.717, 1.165) is 18.7 Å². The number of hydrogen-bond acceptors (Lipinski definition) is 3. The van der Waals surface area contributed by atoms with Crippen molar-refractivity contribution >= 4 is 5.97 Å². The molecule has 1 aromatic rings. The van der Waals surface area contributed by atoms with E-state index in [2.05, 4.69) is 30.8 Å². The molecule has 2 heterocycles. The number of carboxylic acid groups (broad SMARTS) is 1. The third-order valence-electron chi connectivity index (χ3n) is 3.20. The Labute approximate surface area is 101 Å². The van der Waals surface area contributed by atoms with Gasteiger partial charge in [0.15, 0.2) is 0 Å². The van der Waals surface area contributed by atoms with Crippen molar-refractivity contribution in [3.63, 3.8) is 0 Å². The lowest BCUT2D eigenvalue weighted by Gasteiger charge is -2.47. The van der Waals surface area contributed by atoms with Crippen LogP contribution in [0.4, 0.5) is 0 Å². The second-order valence-corrected chi connectivity index (χ2v) is 5.63. The SMILES string of the molecule is CC(C)(C)N1CC(n2cc(CC(=O)O)cn2)C1. The second kappa shape index (κ2) is 4.14. The van der Waals surface area contributed by atoms with Gasteiger partial charge in [-0.3, -0.25) is 14.4 Å². The third-order valence-corrected chi connectivity index (χ3v) is 3.20. The molecule has 1 aliphatic heterocycles. The molecule has 0 saturated carbocycles. The summed E-state index contributed by atoms with van der Waals surface area (Å²) in [6.07, 6.45) is 3.54. The van der Waals surface area contributed by atoms with E-state index < -0.39 is 5.97 Å². The summed E-state index contributed by atoms with van der Waals surface area (Å²) in [6.45, 7) is 8.56. The van der Waals surface area contributed by atoms with Gasteiger partial charge in [-0.15, -0.1) is 0 Å². The van der Waals surface area contributed by atoms with Crippen LogP contribution in [0.5, 0.6) is 0 Å². The molecule has 5 nitrogen and oxygen atoms in total. The van der Waals surface area contributed by atoms with Gasteiger partial charge in [-0.25, -0.2) is 0 Å². The number of nitrogens with zero attached hydrogens (tertiary/aromatic N) is 3. The summed E-state index contributed by atoms with van der Waals surface area (Å²) in [5, 5.41) is 12.9. The molecule has 0 spiro atoms. The summed E-state index contributed by atoms with van der Waals surface area (Å²) in [6, 6.07) is 0.386.